The summed E-state index contributed by atoms with van der Waals surface area (Å²) in [6.07, 6.45) is 0. The standard InChI is InChI=1S/C22H19FN2O2/c23-18-11-13-19(14-12-18)25-20(26)15-24-22(27)21(16-7-3-1-4-8-16)17-9-5-2-6-10-17/h1-14,21H,15H2,(H,24,27)(H,25,26). The first-order chi connectivity index (χ1) is 13.1. The van der Waals surface area contributed by atoms with Crippen LogP contribution in [0.2, 0.25) is 0 Å². The Balaban J connectivity index is 1.68. The molecule has 3 aromatic rings. The van der Waals surface area contributed by atoms with E-state index in [0.29, 0.717) is 5.69 Å². The Kier molecular flexibility index (Phi) is 5.94. The Labute approximate surface area is 157 Å². The molecule has 136 valence electrons. The maximum absolute atomic E-state index is 12.9. The molecule has 3 rings (SSSR count). The number of carbonyl (C=O) groups is 2. The molecule has 0 bridgehead atoms. The quantitative estimate of drug-likeness (QED) is 0.702. The first-order valence-electron chi connectivity index (χ1n) is 8.56. The molecule has 27 heavy (non-hydrogen) atoms. The Hall–Kier alpha value is -3.47. The molecular weight excluding hydrogens is 343 g/mol. The van der Waals surface area contributed by atoms with Crippen LogP contribution in [0.3, 0.4) is 0 Å². The number of benzene rings is 3. The van der Waals surface area contributed by atoms with Gasteiger partial charge in [0.05, 0.1) is 12.5 Å². The second kappa shape index (κ2) is 8.76. The van der Waals surface area contributed by atoms with Gasteiger partial charge in [0.2, 0.25) is 11.8 Å². The highest BCUT2D eigenvalue weighted by atomic mass is 19.1. The third-order valence-corrected chi connectivity index (χ3v) is 4.08. The molecule has 0 saturated heterocycles. The van der Waals surface area contributed by atoms with Crippen LogP contribution >= 0.6 is 0 Å². The molecule has 0 spiro atoms. The molecule has 3 aromatic carbocycles. The highest BCUT2D eigenvalue weighted by Gasteiger charge is 2.22. The first kappa shape index (κ1) is 18.3. The number of nitrogens with one attached hydrogen (secondary N) is 2. The average molecular weight is 362 g/mol. The third kappa shape index (κ3) is 5.01. The van der Waals surface area contributed by atoms with Gasteiger partial charge in [-0.1, -0.05) is 60.7 Å². The lowest BCUT2D eigenvalue weighted by Crippen LogP contribution is -2.36. The fourth-order valence-corrected chi connectivity index (χ4v) is 2.79. The number of anilines is 1. The van der Waals surface area contributed by atoms with E-state index in [0.717, 1.165) is 11.1 Å². The Bertz CT molecular complexity index is 857. The van der Waals surface area contributed by atoms with Gasteiger partial charge in [-0.05, 0) is 35.4 Å². The molecule has 0 aromatic heterocycles. The minimum atomic E-state index is -0.508. The summed E-state index contributed by atoms with van der Waals surface area (Å²) < 4.78 is 12.9. The summed E-state index contributed by atoms with van der Waals surface area (Å²) in [5.41, 5.74) is 2.17. The van der Waals surface area contributed by atoms with Gasteiger partial charge in [0.1, 0.15) is 5.82 Å². The largest absolute Gasteiger partial charge is 0.346 e. The predicted molar refractivity (Wildman–Crippen MR) is 103 cm³/mol. The second-order valence-electron chi connectivity index (χ2n) is 6.03. The lowest BCUT2D eigenvalue weighted by atomic mass is 9.90. The zero-order chi connectivity index (χ0) is 19.1. The highest BCUT2D eigenvalue weighted by molar-refractivity contribution is 5.96. The third-order valence-electron chi connectivity index (χ3n) is 4.08. The van der Waals surface area contributed by atoms with Crippen LogP contribution in [0, 0.1) is 5.82 Å². The molecule has 4 nitrogen and oxygen atoms in total. The normalized spacial score (nSPS) is 10.4. The average Bonchev–Trinajstić information content (AvgIpc) is 2.70. The Morgan fingerprint density at radius 3 is 1.81 bits per heavy atom. The molecule has 0 aliphatic rings. The summed E-state index contributed by atoms with van der Waals surface area (Å²) in [6, 6.07) is 24.3. The van der Waals surface area contributed by atoms with E-state index in [1.165, 1.54) is 24.3 Å². The van der Waals surface area contributed by atoms with Gasteiger partial charge < -0.3 is 10.6 Å². The minimum absolute atomic E-state index is 0.174. The summed E-state index contributed by atoms with van der Waals surface area (Å²) in [4.78, 5) is 24.9. The second-order valence-corrected chi connectivity index (χ2v) is 6.03. The van der Waals surface area contributed by atoms with E-state index in [1.807, 2.05) is 60.7 Å². The SMILES string of the molecule is O=C(CNC(=O)C(c1ccccc1)c1ccccc1)Nc1ccc(F)cc1. The van der Waals surface area contributed by atoms with E-state index in [4.69, 9.17) is 0 Å². The van der Waals surface area contributed by atoms with Crippen LogP contribution in [-0.4, -0.2) is 18.4 Å². The number of rotatable bonds is 6. The van der Waals surface area contributed by atoms with E-state index in [9.17, 15) is 14.0 Å². The Morgan fingerprint density at radius 1 is 0.778 bits per heavy atom. The maximum Gasteiger partial charge on any atom is 0.243 e. The molecule has 0 radical (unpaired) electrons. The molecule has 0 heterocycles. The van der Waals surface area contributed by atoms with Crippen molar-refractivity contribution in [2.75, 3.05) is 11.9 Å². The molecule has 2 amide bonds. The van der Waals surface area contributed by atoms with Gasteiger partial charge in [0, 0.05) is 5.69 Å². The van der Waals surface area contributed by atoms with Crippen molar-refractivity contribution in [2.24, 2.45) is 0 Å². The summed E-state index contributed by atoms with van der Waals surface area (Å²) in [5.74, 6) is -1.53. The number of amides is 2. The molecule has 2 N–H and O–H groups in total. The van der Waals surface area contributed by atoms with Gasteiger partial charge in [-0.3, -0.25) is 9.59 Å². The summed E-state index contributed by atoms with van der Waals surface area (Å²) >= 11 is 0. The lowest BCUT2D eigenvalue weighted by molar-refractivity contribution is -0.124. The van der Waals surface area contributed by atoms with Gasteiger partial charge >= 0.3 is 0 Å². The maximum atomic E-state index is 12.9. The fraction of sp³-hybridized carbons (Fsp3) is 0.0909. The predicted octanol–water partition coefficient (Wildman–Crippen LogP) is 3.71. The van der Waals surface area contributed by atoms with Crippen LogP contribution in [0.25, 0.3) is 0 Å². The van der Waals surface area contributed by atoms with E-state index in [2.05, 4.69) is 10.6 Å². The Morgan fingerprint density at radius 2 is 1.30 bits per heavy atom. The minimum Gasteiger partial charge on any atom is -0.346 e. The van der Waals surface area contributed by atoms with Crippen molar-refractivity contribution >= 4 is 17.5 Å². The van der Waals surface area contributed by atoms with Gasteiger partial charge in [-0.25, -0.2) is 4.39 Å². The van der Waals surface area contributed by atoms with Crippen LogP contribution < -0.4 is 10.6 Å². The van der Waals surface area contributed by atoms with E-state index < -0.39 is 5.92 Å². The number of hydrogen-bond acceptors (Lipinski definition) is 2. The smallest absolute Gasteiger partial charge is 0.243 e. The zero-order valence-electron chi connectivity index (χ0n) is 14.6. The van der Waals surface area contributed by atoms with Crippen molar-refractivity contribution in [3.8, 4) is 0 Å². The van der Waals surface area contributed by atoms with Crippen LogP contribution in [-0.2, 0) is 9.59 Å². The summed E-state index contributed by atoms with van der Waals surface area (Å²) in [7, 11) is 0. The molecule has 0 fully saturated rings. The van der Waals surface area contributed by atoms with E-state index in [1.54, 1.807) is 0 Å². The molecule has 0 unspecified atom stereocenters. The first-order valence-corrected chi connectivity index (χ1v) is 8.56. The van der Waals surface area contributed by atoms with Crippen molar-refractivity contribution < 1.29 is 14.0 Å². The summed E-state index contributed by atoms with van der Waals surface area (Å²) in [6.45, 7) is -0.174. The zero-order valence-corrected chi connectivity index (χ0v) is 14.6. The summed E-state index contributed by atoms with van der Waals surface area (Å²) in [5, 5.41) is 5.31. The van der Waals surface area contributed by atoms with Crippen LogP contribution in [0.4, 0.5) is 10.1 Å². The van der Waals surface area contributed by atoms with Gasteiger partial charge in [0.25, 0.3) is 0 Å². The van der Waals surface area contributed by atoms with Gasteiger partial charge in [-0.2, -0.15) is 0 Å². The van der Waals surface area contributed by atoms with Crippen molar-refractivity contribution in [1.29, 1.82) is 0 Å². The van der Waals surface area contributed by atoms with Gasteiger partial charge in [-0.15, -0.1) is 0 Å². The molecule has 0 aliphatic heterocycles. The number of halogens is 1. The molecule has 0 atom stereocenters. The topological polar surface area (TPSA) is 58.2 Å². The van der Waals surface area contributed by atoms with E-state index >= 15 is 0 Å². The van der Waals surface area contributed by atoms with Crippen LogP contribution in [0.5, 0.6) is 0 Å². The highest BCUT2D eigenvalue weighted by Crippen LogP contribution is 2.24. The van der Waals surface area contributed by atoms with Crippen molar-refractivity contribution in [1.82, 2.24) is 5.32 Å². The molecule has 0 saturated carbocycles. The molecular formula is C22H19FN2O2. The van der Waals surface area contributed by atoms with Crippen LogP contribution in [0.1, 0.15) is 17.0 Å². The van der Waals surface area contributed by atoms with Crippen molar-refractivity contribution in [3.63, 3.8) is 0 Å². The van der Waals surface area contributed by atoms with Crippen molar-refractivity contribution in [2.45, 2.75) is 5.92 Å². The number of carbonyl (C=O) groups excluding carboxylic acids is 2. The molecule has 5 heteroatoms. The van der Waals surface area contributed by atoms with E-state index in [-0.39, 0.29) is 24.2 Å². The van der Waals surface area contributed by atoms with Gasteiger partial charge in [0.15, 0.2) is 0 Å². The van der Waals surface area contributed by atoms with Crippen molar-refractivity contribution in [3.05, 3.63) is 102 Å². The fourth-order valence-electron chi connectivity index (χ4n) is 2.79. The van der Waals surface area contributed by atoms with Crippen LogP contribution in [0.15, 0.2) is 84.9 Å². The lowest BCUT2D eigenvalue weighted by Gasteiger charge is -2.17. The number of hydrogen-bond donors (Lipinski definition) is 2. The molecule has 0 aliphatic carbocycles. The monoisotopic (exact) mass is 362 g/mol.